The van der Waals surface area contributed by atoms with Crippen molar-refractivity contribution in [1.29, 1.82) is 0 Å². The topological polar surface area (TPSA) is 69.6 Å². The minimum absolute atomic E-state index is 0.905. The molecule has 0 aliphatic heterocycles. The molecule has 0 saturated heterocycles. The van der Waals surface area contributed by atoms with Gasteiger partial charge in [0, 0.05) is 6.21 Å². The SMILES string of the molecule is CCCC[N+](CCCC)(CCCC)CCCC.O=S(=O)([O-])/N=C\C=C\c1ccccc1. The second kappa shape index (κ2) is 18.1. The summed E-state index contributed by atoms with van der Waals surface area (Å²) in [7, 11) is -4.51. The molecule has 5 nitrogen and oxygen atoms in total. The summed E-state index contributed by atoms with van der Waals surface area (Å²) in [6.07, 6.45) is 15.1. The maximum Gasteiger partial charge on any atom is 0.202 e. The highest BCUT2D eigenvalue weighted by Crippen LogP contribution is 2.16. The lowest BCUT2D eigenvalue weighted by molar-refractivity contribution is -0.929. The minimum Gasteiger partial charge on any atom is -0.730 e. The quantitative estimate of drug-likeness (QED) is 0.180. The first kappa shape index (κ1) is 29.5. The Labute approximate surface area is 191 Å². The van der Waals surface area contributed by atoms with Crippen molar-refractivity contribution in [3.63, 3.8) is 0 Å². The molecule has 1 rings (SSSR count). The highest BCUT2D eigenvalue weighted by Gasteiger charge is 2.24. The smallest absolute Gasteiger partial charge is 0.202 e. The molecule has 0 aliphatic carbocycles. The van der Waals surface area contributed by atoms with Gasteiger partial charge in [-0.1, -0.05) is 89.8 Å². The molecule has 6 heteroatoms. The lowest BCUT2D eigenvalue weighted by atomic mass is 10.1. The molecule has 0 amide bonds. The van der Waals surface area contributed by atoms with Gasteiger partial charge in [0.15, 0.2) is 0 Å². The lowest BCUT2D eigenvalue weighted by Gasteiger charge is -2.39. The summed E-state index contributed by atoms with van der Waals surface area (Å²) < 4.78 is 34.4. The molecule has 0 saturated carbocycles. The summed E-state index contributed by atoms with van der Waals surface area (Å²) in [4.78, 5) is 0. The molecule has 0 N–H and O–H groups in total. The molecule has 0 fully saturated rings. The van der Waals surface area contributed by atoms with Gasteiger partial charge in [0.2, 0.25) is 10.3 Å². The molecule has 31 heavy (non-hydrogen) atoms. The molecular weight excluding hydrogens is 408 g/mol. The fourth-order valence-electron chi connectivity index (χ4n) is 3.47. The Morgan fingerprint density at radius 1 is 0.806 bits per heavy atom. The monoisotopic (exact) mass is 452 g/mol. The summed E-state index contributed by atoms with van der Waals surface area (Å²) >= 11 is 0. The summed E-state index contributed by atoms with van der Waals surface area (Å²) in [6.45, 7) is 15.0. The number of benzene rings is 1. The van der Waals surface area contributed by atoms with Gasteiger partial charge in [0.1, 0.15) is 0 Å². The fourth-order valence-corrected chi connectivity index (χ4v) is 3.69. The number of rotatable bonds is 15. The van der Waals surface area contributed by atoms with E-state index in [1.54, 1.807) is 6.08 Å². The van der Waals surface area contributed by atoms with Crippen LogP contribution in [0.5, 0.6) is 0 Å². The van der Waals surface area contributed by atoms with E-state index < -0.39 is 10.3 Å². The first-order chi connectivity index (χ1) is 14.8. The number of unbranched alkanes of at least 4 members (excludes halogenated alkanes) is 4. The molecule has 1 aromatic carbocycles. The first-order valence-electron chi connectivity index (χ1n) is 11.9. The summed E-state index contributed by atoms with van der Waals surface area (Å²) in [5.41, 5.74) is 0.905. The highest BCUT2D eigenvalue weighted by atomic mass is 32.2. The van der Waals surface area contributed by atoms with E-state index in [-0.39, 0.29) is 0 Å². The van der Waals surface area contributed by atoms with Crippen LogP contribution in [0.25, 0.3) is 6.08 Å². The van der Waals surface area contributed by atoms with Crippen LogP contribution in [0.15, 0.2) is 40.8 Å². The van der Waals surface area contributed by atoms with E-state index in [1.807, 2.05) is 30.3 Å². The first-order valence-corrected chi connectivity index (χ1v) is 13.3. The predicted octanol–water partition coefficient (Wildman–Crippen LogP) is 6.23. The van der Waals surface area contributed by atoms with Crippen LogP contribution in [0, 0.1) is 0 Å². The molecule has 0 heterocycles. The van der Waals surface area contributed by atoms with Crippen LogP contribution in [0.2, 0.25) is 0 Å². The standard InChI is InChI=1S/C16H36N.C9H9NO3S/c1-5-9-13-17(14-10-6-2,15-11-7-3)16-12-8-4;11-14(12,13)10-8-4-7-9-5-2-1-3-6-9/h5-16H2,1-4H3;1-8H,(H,11,12,13)/q+1;/p-1/b;7-4+,10-8-. The van der Waals surface area contributed by atoms with Crippen LogP contribution in [-0.4, -0.2) is 49.8 Å². The second-order valence-electron chi connectivity index (χ2n) is 8.10. The summed E-state index contributed by atoms with van der Waals surface area (Å²) in [6, 6.07) is 9.25. The Hall–Kier alpha value is -1.50. The van der Waals surface area contributed by atoms with E-state index in [4.69, 9.17) is 0 Å². The number of quaternary nitrogens is 1. The van der Waals surface area contributed by atoms with Crippen molar-refractivity contribution in [3.8, 4) is 0 Å². The number of hydrogen-bond acceptors (Lipinski definition) is 3. The van der Waals surface area contributed by atoms with Gasteiger partial charge in [0.05, 0.1) is 26.2 Å². The molecule has 0 aromatic heterocycles. The Morgan fingerprint density at radius 2 is 1.23 bits per heavy atom. The summed E-state index contributed by atoms with van der Waals surface area (Å²) in [5.74, 6) is 0. The zero-order valence-corrected chi connectivity index (χ0v) is 20.9. The number of allylic oxidation sites excluding steroid dienone is 1. The van der Waals surface area contributed by atoms with E-state index in [0.717, 1.165) is 11.8 Å². The van der Waals surface area contributed by atoms with Crippen LogP contribution in [-0.2, 0) is 10.3 Å². The van der Waals surface area contributed by atoms with E-state index in [9.17, 15) is 13.0 Å². The molecule has 1 aromatic rings. The normalized spacial score (nSPS) is 12.3. The van der Waals surface area contributed by atoms with Gasteiger partial charge in [0.25, 0.3) is 0 Å². The van der Waals surface area contributed by atoms with Crippen molar-refractivity contribution >= 4 is 22.6 Å². The van der Waals surface area contributed by atoms with Gasteiger partial charge in [-0.15, -0.1) is 0 Å². The Balaban J connectivity index is 0.000000590. The highest BCUT2D eigenvalue weighted by molar-refractivity contribution is 7.84. The van der Waals surface area contributed by atoms with E-state index in [1.165, 1.54) is 88.1 Å². The molecule has 0 aliphatic rings. The van der Waals surface area contributed by atoms with Crippen molar-refractivity contribution in [2.45, 2.75) is 79.1 Å². The van der Waals surface area contributed by atoms with E-state index in [0.29, 0.717) is 0 Å². The maximum absolute atomic E-state index is 10.1. The predicted molar refractivity (Wildman–Crippen MR) is 133 cm³/mol. The van der Waals surface area contributed by atoms with Crippen molar-refractivity contribution < 1.29 is 17.5 Å². The van der Waals surface area contributed by atoms with Crippen LogP contribution < -0.4 is 0 Å². The van der Waals surface area contributed by atoms with Crippen LogP contribution >= 0.6 is 0 Å². The average molecular weight is 453 g/mol. The molecule has 0 atom stereocenters. The molecule has 0 spiro atoms. The van der Waals surface area contributed by atoms with Crippen LogP contribution in [0.1, 0.15) is 84.6 Å². The molecule has 0 unspecified atom stereocenters. The number of hydrogen-bond donors (Lipinski definition) is 0. The molecule has 0 radical (unpaired) electrons. The van der Waals surface area contributed by atoms with Crippen molar-refractivity contribution in [3.05, 3.63) is 42.0 Å². The van der Waals surface area contributed by atoms with Gasteiger partial charge in [-0.25, -0.2) is 8.42 Å². The van der Waals surface area contributed by atoms with Gasteiger partial charge in [-0.05, 0) is 37.3 Å². The minimum atomic E-state index is -4.51. The third kappa shape index (κ3) is 16.8. The second-order valence-corrected chi connectivity index (χ2v) is 9.17. The van der Waals surface area contributed by atoms with Gasteiger partial charge in [-0.3, -0.25) is 0 Å². The van der Waals surface area contributed by atoms with Crippen molar-refractivity contribution in [2.24, 2.45) is 4.40 Å². The molecule has 178 valence electrons. The van der Waals surface area contributed by atoms with Crippen LogP contribution in [0.4, 0.5) is 0 Å². The van der Waals surface area contributed by atoms with E-state index >= 15 is 0 Å². The molecule has 0 bridgehead atoms. The number of nitrogens with zero attached hydrogens (tertiary/aromatic N) is 2. The van der Waals surface area contributed by atoms with Gasteiger partial charge < -0.3 is 9.04 Å². The lowest BCUT2D eigenvalue weighted by Crippen LogP contribution is -2.50. The van der Waals surface area contributed by atoms with E-state index in [2.05, 4.69) is 32.1 Å². The Kier molecular flexibility index (Phi) is 17.2. The zero-order chi connectivity index (χ0) is 23.4. The Morgan fingerprint density at radius 3 is 1.58 bits per heavy atom. The van der Waals surface area contributed by atoms with Gasteiger partial charge in [-0.2, -0.15) is 4.40 Å². The summed E-state index contributed by atoms with van der Waals surface area (Å²) in [5, 5.41) is 0. The maximum atomic E-state index is 10.1. The average Bonchev–Trinajstić information content (AvgIpc) is 2.76. The largest absolute Gasteiger partial charge is 0.730 e. The fraction of sp³-hybridized carbons (Fsp3) is 0.640. The Bertz CT molecular complexity index is 663. The van der Waals surface area contributed by atoms with Crippen molar-refractivity contribution in [1.82, 2.24) is 0 Å². The third-order valence-corrected chi connectivity index (χ3v) is 5.69. The third-order valence-electron chi connectivity index (χ3n) is 5.31. The molecular formula is C25H44N2O3S. The van der Waals surface area contributed by atoms with Crippen LogP contribution in [0.3, 0.4) is 0 Å². The van der Waals surface area contributed by atoms with Gasteiger partial charge >= 0.3 is 0 Å². The van der Waals surface area contributed by atoms with Crippen molar-refractivity contribution in [2.75, 3.05) is 26.2 Å². The zero-order valence-electron chi connectivity index (χ0n) is 20.1.